The standard InChI is InChI=1S/C31H26Cl2N2O7S/c1-17-2-11-23(12-3-17)43(40,41)42-22-9-6-18(7-10-22)26(36)16-34(29(37)21-8-13-24(32)25(33)15-21)35-30(38)27-19-4-5-20(14-19)28(27)31(35)39/h2-3,6-13,15,19-20,27-28H,4-5,14,16H2,1H3/t19-,20-,27-,28-/m0/s1. The second-order valence-corrected chi connectivity index (χ2v) is 13.5. The Bertz CT molecular complexity index is 1730. The van der Waals surface area contributed by atoms with Crippen LogP contribution >= 0.6 is 23.2 Å². The number of carbonyl (C=O) groups is 4. The molecule has 6 rings (SSSR count). The van der Waals surface area contributed by atoms with E-state index >= 15 is 0 Å². The molecule has 1 heterocycles. The van der Waals surface area contributed by atoms with Gasteiger partial charge in [0.15, 0.2) is 5.78 Å². The van der Waals surface area contributed by atoms with Gasteiger partial charge in [-0.1, -0.05) is 40.9 Å². The predicted octanol–water partition coefficient (Wildman–Crippen LogP) is 5.34. The molecule has 4 atom stereocenters. The van der Waals surface area contributed by atoms with E-state index in [1.165, 1.54) is 54.6 Å². The summed E-state index contributed by atoms with van der Waals surface area (Å²) in [5, 5.41) is 2.04. The SMILES string of the molecule is Cc1ccc(S(=O)(=O)Oc2ccc(C(=O)CN(C(=O)c3ccc(Cl)c(Cl)c3)N3C(=O)[C@H]4[C@H]5CC[C@@H](C5)[C@@H]4C3=O)cc2)cc1. The molecule has 3 aromatic rings. The number of amides is 3. The van der Waals surface area contributed by atoms with Crippen LogP contribution in [0.4, 0.5) is 0 Å². The van der Waals surface area contributed by atoms with Gasteiger partial charge in [0.05, 0.1) is 21.9 Å². The van der Waals surface area contributed by atoms with Crippen LogP contribution < -0.4 is 4.18 Å². The van der Waals surface area contributed by atoms with Crippen molar-refractivity contribution in [3.05, 3.63) is 93.5 Å². The number of aryl methyl sites for hydroxylation is 1. The molecule has 2 saturated carbocycles. The van der Waals surface area contributed by atoms with Gasteiger partial charge < -0.3 is 4.18 Å². The van der Waals surface area contributed by atoms with Crippen molar-refractivity contribution in [1.82, 2.24) is 10.0 Å². The number of fused-ring (bicyclic) bond motifs is 5. The molecule has 3 aromatic carbocycles. The summed E-state index contributed by atoms with van der Waals surface area (Å²) in [4.78, 5) is 54.4. The van der Waals surface area contributed by atoms with Crippen molar-refractivity contribution in [2.24, 2.45) is 23.7 Å². The molecular formula is C31H26Cl2N2O7S. The zero-order valence-electron chi connectivity index (χ0n) is 22.9. The molecule has 0 unspecified atom stereocenters. The number of hydrogen-bond donors (Lipinski definition) is 0. The first-order valence-corrected chi connectivity index (χ1v) is 15.9. The highest BCUT2D eigenvalue weighted by atomic mass is 35.5. The summed E-state index contributed by atoms with van der Waals surface area (Å²) in [7, 11) is -4.11. The van der Waals surface area contributed by atoms with Crippen LogP contribution in [0.2, 0.25) is 10.0 Å². The lowest BCUT2D eigenvalue weighted by Gasteiger charge is -2.31. The van der Waals surface area contributed by atoms with Crippen LogP contribution in [0.15, 0.2) is 71.6 Å². The Hall–Kier alpha value is -3.73. The van der Waals surface area contributed by atoms with Gasteiger partial charge in [0.25, 0.3) is 17.7 Å². The first-order valence-electron chi connectivity index (χ1n) is 13.7. The predicted molar refractivity (Wildman–Crippen MR) is 157 cm³/mol. The molecule has 2 aliphatic carbocycles. The van der Waals surface area contributed by atoms with Gasteiger partial charge in [0.1, 0.15) is 17.2 Å². The van der Waals surface area contributed by atoms with Crippen LogP contribution in [0.3, 0.4) is 0 Å². The summed E-state index contributed by atoms with van der Waals surface area (Å²) in [5.41, 5.74) is 1.06. The molecule has 9 nitrogen and oxygen atoms in total. The van der Waals surface area contributed by atoms with Crippen molar-refractivity contribution >= 4 is 56.8 Å². The van der Waals surface area contributed by atoms with Crippen molar-refractivity contribution in [2.45, 2.75) is 31.1 Å². The van der Waals surface area contributed by atoms with Gasteiger partial charge in [0.2, 0.25) is 0 Å². The van der Waals surface area contributed by atoms with Gasteiger partial charge in [-0.15, -0.1) is 0 Å². The number of Topliss-reactive ketones (excluding diaryl/α,β-unsaturated/α-hetero) is 1. The molecule has 0 aromatic heterocycles. The Morgan fingerprint density at radius 3 is 2.02 bits per heavy atom. The monoisotopic (exact) mass is 640 g/mol. The van der Waals surface area contributed by atoms with E-state index in [4.69, 9.17) is 27.4 Å². The highest BCUT2D eigenvalue weighted by Crippen LogP contribution is 2.56. The Kier molecular flexibility index (Phi) is 7.56. The Morgan fingerprint density at radius 1 is 0.860 bits per heavy atom. The van der Waals surface area contributed by atoms with E-state index in [1.807, 2.05) is 6.92 Å². The number of imide groups is 1. The van der Waals surface area contributed by atoms with Gasteiger partial charge in [-0.05, 0) is 92.6 Å². The number of rotatable bonds is 8. The largest absolute Gasteiger partial charge is 0.379 e. The van der Waals surface area contributed by atoms with Crippen LogP contribution in [-0.2, 0) is 19.7 Å². The minimum absolute atomic E-state index is 0.0194. The maximum absolute atomic E-state index is 13.8. The summed E-state index contributed by atoms with van der Waals surface area (Å²) in [6, 6.07) is 15.7. The lowest BCUT2D eigenvalue weighted by molar-refractivity contribution is -0.155. The van der Waals surface area contributed by atoms with E-state index in [0.717, 1.165) is 34.8 Å². The van der Waals surface area contributed by atoms with E-state index < -0.39 is 52.0 Å². The molecule has 3 aliphatic rings. The first-order chi connectivity index (χ1) is 20.4. The molecule has 1 saturated heterocycles. The number of carbonyl (C=O) groups excluding carboxylic acids is 4. The van der Waals surface area contributed by atoms with E-state index in [0.29, 0.717) is 0 Å². The van der Waals surface area contributed by atoms with Crippen LogP contribution in [0.25, 0.3) is 0 Å². The van der Waals surface area contributed by atoms with Crippen LogP contribution in [-0.4, -0.2) is 48.5 Å². The molecule has 0 N–H and O–H groups in total. The fourth-order valence-electron chi connectivity index (χ4n) is 6.45. The maximum Gasteiger partial charge on any atom is 0.339 e. The highest BCUT2D eigenvalue weighted by molar-refractivity contribution is 7.87. The van der Waals surface area contributed by atoms with Gasteiger partial charge in [0, 0.05) is 11.1 Å². The van der Waals surface area contributed by atoms with Gasteiger partial charge in [-0.25, -0.2) is 5.01 Å². The topological polar surface area (TPSA) is 118 Å². The fourth-order valence-corrected chi connectivity index (χ4v) is 7.67. The number of hydrogen-bond acceptors (Lipinski definition) is 7. The van der Waals surface area contributed by atoms with Crippen molar-refractivity contribution < 1.29 is 31.8 Å². The second kappa shape index (κ2) is 11.1. The molecule has 3 amide bonds. The van der Waals surface area contributed by atoms with E-state index in [-0.39, 0.29) is 43.7 Å². The van der Waals surface area contributed by atoms with Crippen molar-refractivity contribution in [2.75, 3.05) is 6.54 Å². The molecular weight excluding hydrogens is 615 g/mol. The number of halogens is 2. The lowest BCUT2D eigenvalue weighted by atomic mass is 9.81. The summed E-state index contributed by atoms with van der Waals surface area (Å²) >= 11 is 12.2. The lowest BCUT2D eigenvalue weighted by Crippen LogP contribution is -2.52. The van der Waals surface area contributed by atoms with Crippen LogP contribution in [0, 0.1) is 30.6 Å². The van der Waals surface area contributed by atoms with E-state index in [1.54, 1.807) is 12.1 Å². The number of hydrazine groups is 1. The van der Waals surface area contributed by atoms with E-state index in [2.05, 4.69) is 0 Å². The van der Waals surface area contributed by atoms with Crippen molar-refractivity contribution in [3.63, 3.8) is 0 Å². The molecule has 2 bridgehead atoms. The molecule has 0 radical (unpaired) electrons. The average Bonchev–Trinajstić information content (AvgIpc) is 3.67. The zero-order valence-corrected chi connectivity index (χ0v) is 25.2. The molecule has 222 valence electrons. The number of ketones is 1. The minimum atomic E-state index is -4.11. The van der Waals surface area contributed by atoms with Gasteiger partial charge in [-0.2, -0.15) is 13.4 Å². The summed E-state index contributed by atoms with van der Waals surface area (Å²) < 4.78 is 30.5. The summed E-state index contributed by atoms with van der Waals surface area (Å²) in [6.45, 7) is 1.21. The highest BCUT2D eigenvalue weighted by Gasteiger charge is 2.62. The van der Waals surface area contributed by atoms with Crippen LogP contribution in [0.1, 0.15) is 45.5 Å². The normalized spacial score (nSPS) is 22.5. The number of benzene rings is 3. The van der Waals surface area contributed by atoms with Crippen molar-refractivity contribution in [3.8, 4) is 5.75 Å². The number of nitrogens with zero attached hydrogens (tertiary/aromatic N) is 2. The quantitative estimate of drug-likeness (QED) is 0.185. The molecule has 12 heteroatoms. The third-order valence-electron chi connectivity index (χ3n) is 8.53. The molecule has 1 aliphatic heterocycles. The Balaban J connectivity index is 1.26. The van der Waals surface area contributed by atoms with Crippen LogP contribution in [0.5, 0.6) is 5.75 Å². The summed E-state index contributed by atoms with van der Waals surface area (Å²) in [5.74, 6) is -3.16. The van der Waals surface area contributed by atoms with Gasteiger partial charge >= 0.3 is 10.1 Å². The molecule has 0 spiro atoms. The second-order valence-electron chi connectivity index (χ2n) is 11.2. The third-order valence-corrected chi connectivity index (χ3v) is 10.5. The van der Waals surface area contributed by atoms with Gasteiger partial charge in [-0.3, -0.25) is 19.2 Å². The zero-order chi connectivity index (χ0) is 30.6. The Morgan fingerprint density at radius 2 is 1.44 bits per heavy atom. The van der Waals surface area contributed by atoms with Crippen molar-refractivity contribution in [1.29, 1.82) is 0 Å². The Labute approximate surface area is 258 Å². The summed E-state index contributed by atoms with van der Waals surface area (Å²) in [6.07, 6.45) is 2.52. The molecule has 3 fully saturated rings. The third kappa shape index (κ3) is 5.32. The maximum atomic E-state index is 13.8. The molecule has 43 heavy (non-hydrogen) atoms. The minimum Gasteiger partial charge on any atom is -0.379 e. The van der Waals surface area contributed by atoms with E-state index in [9.17, 15) is 27.6 Å². The average molecular weight is 642 g/mol. The first kappa shape index (κ1) is 29.3. The fraction of sp³-hybridized carbons (Fsp3) is 0.290. The smallest absolute Gasteiger partial charge is 0.339 e.